The van der Waals surface area contributed by atoms with Crippen LogP contribution < -0.4 is 16.4 Å². The molecule has 132 valence electrons. The van der Waals surface area contributed by atoms with E-state index >= 15 is 0 Å². The first kappa shape index (κ1) is 19.6. The van der Waals surface area contributed by atoms with Gasteiger partial charge in [-0.2, -0.15) is 0 Å². The van der Waals surface area contributed by atoms with Gasteiger partial charge in [0.1, 0.15) is 6.54 Å². The monoisotopic (exact) mass is 335 g/mol. The summed E-state index contributed by atoms with van der Waals surface area (Å²) >= 11 is 0. The summed E-state index contributed by atoms with van der Waals surface area (Å²) in [7, 11) is 0. The van der Waals surface area contributed by atoms with E-state index in [0.29, 0.717) is 6.42 Å². The van der Waals surface area contributed by atoms with Crippen molar-refractivity contribution in [2.24, 2.45) is 5.73 Å². The van der Waals surface area contributed by atoms with E-state index in [1.807, 2.05) is 24.3 Å². The van der Waals surface area contributed by atoms with Crippen LogP contribution in [0.5, 0.6) is 0 Å². The van der Waals surface area contributed by atoms with Crippen molar-refractivity contribution < 1.29 is 19.5 Å². The van der Waals surface area contributed by atoms with Crippen LogP contribution in [-0.2, 0) is 26.2 Å². The molecule has 24 heavy (non-hydrogen) atoms. The molecule has 0 fully saturated rings. The molecule has 7 nitrogen and oxygen atoms in total. The maximum absolute atomic E-state index is 11.9. The Morgan fingerprint density at radius 1 is 1.08 bits per heavy atom. The zero-order chi connectivity index (χ0) is 18.3. The molecule has 0 heterocycles. The SMILES string of the molecule is CC(C)(C)c1ccc(C[C@H](N)C(=O)NCC(=O)NCC(=O)O)cc1. The fourth-order valence-corrected chi connectivity index (χ4v) is 2.02. The molecule has 5 N–H and O–H groups in total. The lowest BCUT2D eigenvalue weighted by atomic mass is 9.86. The molecule has 1 atom stereocenters. The van der Waals surface area contributed by atoms with Crippen LogP contribution in [0.25, 0.3) is 0 Å². The number of rotatable bonds is 7. The van der Waals surface area contributed by atoms with Crippen molar-refractivity contribution in [2.45, 2.75) is 38.6 Å². The Morgan fingerprint density at radius 2 is 1.67 bits per heavy atom. The molecule has 0 aliphatic carbocycles. The van der Waals surface area contributed by atoms with Crippen molar-refractivity contribution in [3.05, 3.63) is 35.4 Å². The predicted octanol–water partition coefficient (Wildman–Crippen LogP) is 0.171. The van der Waals surface area contributed by atoms with Crippen LogP contribution in [0.1, 0.15) is 31.9 Å². The van der Waals surface area contributed by atoms with Crippen molar-refractivity contribution >= 4 is 17.8 Å². The summed E-state index contributed by atoms with van der Waals surface area (Å²) < 4.78 is 0. The first-order valence-electron chi connectivity index (χ1n) is 7.71. The third-order valence-electron chi connectivity index (χ3n) is 3.47. The van der Waals surface area contributed by atoms with Crippen LogP contribution in [0, 0.1) is 0 Å². The Bertz CT molecular complexity index is 591. The molecule has 2 amide bonds. The van der Waals surface area contributed by atoms with Gasteiger partial charge in [-0.15, -0.1) is 0 Å². The molecule has 7 heteroatoms. The highest BCUT2D eigenvalue weighted by atomic mass is 16.4. The number of carbonyl (C=O) groups is 3. The second-order valence-corrected chi connectivity index (χ2v) is 6.65. The lowest BCUT2D eigenvalue weighted by molar-refractivity contribution is -0.137. The minimum Gasteiger partial charge on any atom is -0.480 e. The molecule has 1 aromatic carbocycles. The number of nitrogens with two attached hydrogens (primary N) is 1. The van der Waals surface area contributed by atoms with Gasteiger partial charge in [-0.25, -0.2) is 0 Å². The number of hydrogen-bond acceptors (Lipinski definition) is 4. The average molecular weight is 335 g/mol. The quantitative estimate of drug-likeness (QED) is 0.566. The zero-order valence-electron chi connectivity index (χ0n) is 14.3. The predicted molar refractivity (Wildman–Crippen MR) is 90.5 cm³/mol. The molecule has 0 radical (unpaired) electrons. The number of nitrogens with one attached hydrogen (secondary N) is 2. The summed E-state index contributed by atoms with van der Waals surface area (Å²) in [6.45, 7) is 5.58. The van der Waals surface area contributed by atoms with Gasteiger partial charge in [-0.05, 0) is 23.0 Å². The summed E-state index contributed by atoms with van der Waals surface area (Å²) in [6, 6.07) is 7.12. The maximum atomic E-state index is 11.9. The number of amides is 2. The minimum absolute atomic E-state index is 0.0569. The van der Waals surface area contributed by atoms with Crippen LogP contribution in [0.2, 0.25) is 0 Å². The third kappa shape index (κ3) is 6.78. The van der Waals surface area contributed by atoms with E-state index in [1.54, 1.807) is 0 Å². The Hall–Kier alpha value is -2.41. The molecule has 0 saturated carbocycles. The Kier molecular flexibility index (Phi) is 6.91. The topological polar surface area (TPSA) is 122 Å². The standard InChI is InChI=1S/C17H25N3O4/c1-17(2,3)12-6-4-11(5-7-12)8-13(18)16(24)20-9-14(21)19-10-15(22)23/h4-7,13H,8-10,18H2,1-3H3,(H,19,21)(H,20,24)(H,22,23)/t13-/m0/s1. The molecule has 0 aromatic heterocycles. The molecule has 1 aromatic rings. The highest BCUT2D eigenvalue weighted by Crippen LogP contribution is 2.22. The Labute approximate surface area is 141 Å². The van der Waals surface area contributed by atoms with Crippen LogP contribution in [0.15, 0.2) is 24.3 Å². The van der Waals surface area contributed by atoms with Crippen LogP contribution in [-0.4, -0.2) is 42.0 Å². The van der Waals surface area contributed by atoms with E-state index in [-0.39, 0.29) is 12.0 Å². The van der Waals surface area contributed by atoms with Gasteiger partial charge in [0.25, 0.3) is 0 Å². The van der Waals surface area contributed by atoms with Crippen LogP contribution >= 0.6 is 0 Å². The average Bonchev–Trinajstić information content (AvgIpc) is 2.50. The number of hydrogen-bond donors (Lipinski definition) is 4. The fourth-order valence-electron chi connectivity index (χ4n) is 2.02. The Morgan fingerprint density at radius 3 is 2.17 bits per heavy atom. The largest absolute Gasteiger partial charge is 0.480 e. The van der Waals surface area contributed by atoms with Crippen molar-refractivity contribution in [2.75, 3.05) is 13.1 Å². The summed E-state index contributed by atoms with van der Waals surface area (Å²) in [5.74, 6) is -2.18. The number of benzene rings is 1. The van der Waals surface area contributed by atoms with Gasteiger partial charge in [0, 0.05) is 0 Å². The molecular weight excluding hydrogens is 310 g/mol. The second kappa shape index (κ2) is 8.44. The summed E-state index contributed by atoms with van der Waals surface area (Å²) in [6.07, 6.45) is 0.354. The molecule has 0 spiro atoms. The van der Waals surface area contributed by atoms with Crippen molar-refractivity contribution in [3.8, 4) is 0 Å². The summed E-state index contributed by atoms with van der Waals surface area (Å²) in [5.41, 5.74) is 8.03. The van der Waals surface area contributed by atoms with Crippen molar-refractivity contribution in [1.82, 2.24) is 10.6 Å². The third-order valence-corrected chi connectivity index (χ3v) is 3.47. The van der Waals surface area contributed by atoms with Crippen molar-refractivity contribution in [3.63, 3.8) is 0 Å². The van der Waals surface area contributed by atoms with E-state index in [4.69, 9.17) is 10.8 Å². The number of aliphatic carboxylic acids is 1. The molecule has 0 aliphatic rings. The lowest BCUT2D eigenvalue weighted by Crippen LogP contribution is -2.46. The molecule has 0 unspecified atom stereocenters. The number of carbonyl (C=O) groups excluding carboxylic acids is 2. The molecular formula is C17H25N3O4. The summed E-state index contributed by atoms with van der Waals surface area (Å²) in [4.78, 5) is 33.5. The van der Waals surface area contributed by atoms with Gasteiger partial charge < -0.3 is 21.5 Å². The first-order chi connectivity index (χ1) is 11.1. The van der Waals surface area contributed by atoms with Gasteiger partial charge in [0.05, 0.1) is 12.6 Å². The summed E-state index contributed by atoms with van der Waals surface area (Å²) in [5, 5.41) is 13.0. The van der Waals surface area contributed by atoms with Crippen molar-refractivity contribution in [1.29, 1.82) is 0 Å². The van der Waals surface area contributed by atoms with Gasteiger partial charge in [0.15, 0.2) is 0 Å². The van der Waals surface area contributed by atoms with E-state index < -0.39 is 30.4 Å². The molecule has 0 saturated heterocycles. The van der Waals surface area contributed by atoms with Gasteiger partial charge in [-0.1, -0.05) is 45.0 Å². The highest BCUT2D eigenvalue weighted by Gasteiger charge is 2.17. The van der Waals surface area contributed by atoms with E-state index in [1.165, 1.54) is 5.56 Å². The van der Waals surface area contributed by atoms with Crippen LogP contribution in [0.3, 0.4) is 0 Å². The van der Waals surface area contributed by atoms with Gasteiger partial charge in [-0.3, -0.25) is 14.4 Å². The van der Waals surface area contributed by atoms with Gasteiger partial charge >= 0.3 is 5.97 Å². The fraction of sp³-hybridized carbons (Fsp3) is 0.471. The Balaban J connectivity index is 2.46. The van der Waals surface area contributed by atoms with E-state index in [0.717, 1.165) is 5.56 Å². The first-order valence-corrected chi connectivity index (χ1v) is 7.71. The smallest absolute Gasteiger partial charge is 0.322 e. The number of carboxylic acid groups (broad SMARTS) is 1. The maximum Gasteiger partial charge on any atom is 0.322 e. The zero-order valence-corrected chi connectivity index (χ0v) is 14.3. The highest BCUT2D eigenvalue weighted by molar-refractivity contribution is 5.88. The minimum atomic E-state index is -1.15. The van der Waals surface area contributed by atoms with Gasteiger partial charge in [0.2, 0.25) is 11.8 Å². The molecule has 1 rings (SSSR count). The number of carboxylic acids is 1. The normalized spacial score (nSPS) is 12.3. The van der Waals surface area contributed by atoms with E-state index in [9.17, 15) is 14.4 Å². The van der Waals surface area contributed by atoms with E-state index in [2.05, 4.69) is 31.4 Å². The van der Waals surface area contributed by atoms with Crippen LogP contribution in [0.4, 0.5) is 0 Å². The second-order valence-electron chi connectivity index (χ2n) is 6.65. The lowest BCUT2D eigenvalue weighted by Gasteiger charge is -2.19. The molecule has 0 aliphatic heterocycles. The molecule has 0 bridgehead atoms.